The highest BCUT2D eigenvalue weighted by molar-refractivity contribution is 5.39. The Morgan fingerprint density at radius 3 is 2.50 bits per heavy atom. The molecule has 2 N–H and O–H groups in total. The number of para-hydroxylation sites is 2. The van der Waals surface area contributed by atoms with Crippen LogP contribution in [0.25, 0.3) is 0 Å². The molecule has 1 unspecified atom stereocenters. The molecule has 0 spiro atoms. The second-order valence-electron chi connectivity index (χ2n) is 4.92. The monoisotopic (exact) mass is 283 g/mol. The highest BCUT2D eigenvalue weighted by atomic mass is 16.5. The molecule has 0 aliphatic rings. The van der Waals surface area contributed by atoms with Gasteiger partial charge in [0.2, 0.25) is 0 Å². The van der Waals surface area contributed by atoms with Gasteiger partial charge in [-0.2, -0.15) is 0 Å². The van der Waals surface area contributed by atoms with Gasteiger partial charge in [-0.05, 0) is 19.1 Å². The Labute approximate surface area is 120 Å². The number of benzene rings is 1. The van der Waals surface area contributed by atoms with E-state index >= 15 is 0 Å². The van der Waals surface area contributed by atoms with E-state index in [9.17, 15) is 5.11 Å². The molecule has 0 bridgehead atoms. The number of aliphatic hydroxyl groups is 1. The second-order valence-corrected chi connectivity index (χ2v) is 4.92. The van der Waals surface area contributed by atoms with Crippen LogP contribution in [0.2, 0.25) is 0 Å². The number of hydrogen-bond donors (Lipinski definition) is 2. The molecule has 1 aromatic carbocycles. The van der Waals surface area contributed by atoms with Crippen LogP contribution in [0.5, 0.6) is 11.5 Å². The highest BCUT2D eigenvalue weighted by Gasteiger charge is 2.18. The Morgan fingerprint density at radius 2 is 1.85 bits per heavy atom. The third kappa shape index (κ3) is 6.23. The SMILES string of the molecule is COCCC(C)(O)CNCCOc1ccccc1OC. The minimum Gasteiger partial charge on any atom is -0.493 e. The molecule has 5 heteroatoms. The van der Waals surface area contributed by atoms with E-state index in [1.54, 1.807) is 21.1 Å². The first-order chi connectivity index (χ1) is 9.59. The molecule has 20 heavy (non-hydrogen) atoms. The molecule has 0 heterocycles. The van der Waals surface area contributed by atoms with Crippen molar-refractivity contribution in [3.63, 3.8) is 0 Å². The fraction of sp³-hybridized carbons (Fsp3) is 0.600. The lowest BCUT2D eigenvalue weighted by Gasteiger charge is -2.23. The molecule has 0 amide bonds. The molecule has 0 radical (unpaired) electrons. The first-order valence-electron chi connectivity index (χ1n) is 6.77. The fourth-order valence-electron chi connectivity index (χ4n) is 1.74. The van der Waals surface area contributed by atoms with E-state index in [-0.39, 0.29) is 0 Å². The molecule has 5 nitrogen and oxygen atoms in total. The average molecular weight is 283 g/mol. The summed E-state index contributed by atoms with van der Waals surface area (Å²) in [4.78, 5) is 0. The lowest BCUT2D eigenvalue weighted by Crippen LogP contribution is -2.40. The molecular formula is C15H25NO4. The van der Waals surface area contributed by atoms with E-state index in [0.29, 0.717) is 32.7 Å². The van der Waals surface area contributed by atoms with E-state index in [1.165, 1.54) is 0 Å². The van der Waals surface area contributed by atoms with Crippen molar-refractivity contribution in [3.8, 4) is 11.5 Å². The average Bonchev–Trinajstić information content (AvgIpc) is 2.45. The summed E-state index contributed by atoms with van der Waals surface area (Å²) in [6.07, 6.45) is 0.601. The van der Waals surface area contributed by atoms with Crippen molar-refractivity contribution in [1.82, 2.24) is 5.32 Å². The topological polar surface area (TPSA) is 60.0 Å². The van der Waals surface area contributed by atoms with E-state index in [2.05, 4.69) is 5.32 Å². The Morgan fingerprint density at radius 1 is 1.15 bits per heavy atom. The van der Waals surface area contributed by atoms with Crippen LogP contribution in [0.3, 0.4) is 0 Å². The molecule has 1 atom stereocenters. The van der Waals surface area contributed by atoms with Crippen LogP contribution in [0.15, 0.2) is 24.3 Å². The molecule has 1 aromatic rings. The second kappa shape index (κ2) is 8.79. The molecule has 0 aliphatic heterocycles. The summed E-state index contributed by atoms with van der Waals surface area (Å²) in [5.74, 6) is 1.45. The summed E-state index contributed by atoms with van der Waals surface area (Å²) in [7, 11) is 3.25. The minimum atomic E-state index is -0.763. The number of hydrogen-bond acceptors (Lipinski definition) is 5. The zero-order chi connectivity index (χ0) is 14.8. The van der Waals surface area contributed by atoms with Crippen molar-refractivity contribution in [2.45, 2.75) is 18.9 Å². The summed E-state index contributed by atoms with van der Waals surface area (Å²) in [5.41, 5.74) is -0.763. The van der Waals surface area contributed by atoms with E-state index in [4.69, 9.17) is 14.2 Å². The maximum Gasteiger partial charge on any atom is 0.161 e. The summed E-state index contributed by atoms with van der Waals surface area (Å²) in [6.45, 7) is 4.01. The quantitative estimate of drug-likeness (QED) is 0.637. The van der Waals surface area contributed by atoms with Crippen molar-refractivity contribution in [2.75, 3.05) is 40.5 Å². The van der Waals surface area contributed by atoms with E-state index in [1.807, 2.05) is 24.3 Å². The van der Waals surface area contributed by atoms with Crippen LogP contribution in [0.1, 0.15) is 13.3 Å². The molecule has 1 rings (SSSR count). The molecule has 0 aliphatic carbocycles. The molecule has 114 valence electrons. The first-order valence-corrected chi connectivity index (χ1v) is 6.77. The summed E-state index contributed by atoms with van der Waals surface area (Å²) in [6, 6.07) is 7.53. The van der Waals surface area contributed by atoms with Gasteiger partial charge in [0.1, 0.15) is 6.61 Å². The highest BCUT2D eigenvalue weighted by Crippen LogP contribution is 2.25. The normalized spacial score (nSPS) is 13.8. The van der Waals surface area contributed by atoms with Gasteiger partial charge in [0.25, 0.3) is 0 Å². The van der Waals surface area contributed by atoms with Crippen LogP contribution in [0, 0.1) is 0 Å². The lowest BCUT2D eigenvalue weighted by molar-refractivity contribution is 0.0245. The Hall–Kier alpha value is -1.30. The third-order valence-electron chi connectivity index (χ3n) is 2.96. The Bertz CT molecular complexity index is 382. The van der Waals surface area contributed by atoms with Gasteiger partial charge in [-0.25, -0.2) is 0 Å². The largest absolute Gasteiger partial charge is 0.493 e. The van der Waals surface area contributed by atoms with Crippen molar-refractivity contribution in [1.29, 1.82) is 0 Å². The van der Waals surface area contributed by atoms with Gasteiger partial charge >= 0.3 is 0 Å². The van der Waals surface area contributed by atoms with Crippen LogP contribution < -0.4 is 14.8 Å². The van der Waals surface area contributed by atoms with Gasteiger partial charge in [0.05, 0.1) is 12.7 Å². The maximum atomic E-state index is 10.0. The number of rotatable bonds is 10. The van der Waals surface area contributed by atoms with Crippen LogP contribution in [0.4, 0.5) is 0 Å². The van der Waals surface area contributed by atoms with Crippen molar-refractivity contribution >= 4 is 0 Å². The van der Waals surface area contributed by atoms with E-state index < -0.39 is 5.60 Å². The van der Waals surface area contributed by atoms with Gasteiger partial charge in [-0.15, -0.1) is 0 Å². The molecular weight excluding hydrogens is 258 g/mol. The molecule has 0 fully saturated rings. The Kier molecular flexibility index (Phi) is 7.36. The van der Waals surface area contributed by atoms with Gasteiger partial charge < -0.3 is 24.6 Å². The van der Waals surface area contributed by atoms with Gasteiger partial charge in [-0.1, -0.05) is 12.1 Å². The van der Waals surface area contributed by atoms with Crippen LogP contribution >= 0.6 is 0 Å². The summed E-state index contributed by atoms with van der Waals surface area (Å²) in [5, 5.41) is 13.2. The van der Waals surface area contributed by atoms with Gasteiger partial charge in [0, 0.05) is 33.2 Å². The summed E-state index contributed by atoms with van der Waals surface area (Å²) < 4.78 is 15.8. The van der Waals surface area contributed by atoms with Crippen molar-refractivity contribution in [3.05, 3.63) is 24.3 Å². The Balaban J connectivity index is 2.22. The number of ether oxygens (including phenoxy) is 3. The summed E-state index contributed by atoms with van der Waals surface area (Å²) >= 11 is 0. The van der Waals surface area contributed by atoms with E-state index in [0.717, 1.165) is 11.5 Å². The predicted molar refractivity (Wildman–Crippen MR) is 78.5 cm³/mol. The minimum absolute atomic E-state index is 0.506. The predicted octanol–water partition coefficient (Wildman–Crippen LogP) is 1.45. The van der Waals surface area contributed by atoms with Crippen LogP contribution in [-0.4, -0.2) is 51.2 Å². The van der Waals surface area contributed by atoms with Crippen molar-refractivity contribution in [2.24, 2.45) is 0 Å². The zero-order valence-corrected chi connectivity index (χ0v) is 12.5. The number of nitrogens with one attached hydrogen (secondary N) is 1. The lowest BCUT2D eigenvalue weighted by atomic mass is 10.0. The van der Waals surface area contributed by atoms with Crippen molar-refractivity contribution < 1.29 is 19.3 Å². The third-order valence-corrected chi connectivity index (χ3v) is 2.96. The first kappa shape index (κ1) is 16.8. The van der Waals surface area contributed by atoms with Gasteiger partial charge in [0.15, 0.2) is 11.5 Å². The fourth-order valence-corrected chi connectivity index (χ4v) is 1.74. The molecule has 0 aromatic heterocycles. The van der Waals surface area contributed by atoms with Crippen LogP contribution in [-0.2, 0) is 4.74 Å². The molecule has 0 saturated carbocycles. The number of methoxy groups -OCH3 is 2. The van der Waals surface area contributed by atoms with Gasteiger partial charge in [-0.3, -0.25) is 0 Å². The smallest absolute Gasteiger partial charge is 0.161 e. The molecule has 0 saturated heterocycles. The zero-order valence-electron chi connectivity index (χ0n) is 12.5. The maximum absolute atomic E-state index is 10.0. The standard InChI is InChI=1S/C15H25NO4/c1-15(17,8-10-18-2)12-16-9-11-20-14-7-5-4-6-13(14)19-3/h4-7,16-17H,8-12H2,1-3H3.